The van der Waals surface area contributed by atoms with Gasteiger partial charge in [-0.1, -0.05) is 40.5 Å². The first-order chi connectivity index (χ1) is 7.41. The zero-order valence-electron chi connectivity index (χ0n) is 11.1. The summed E-state index contributed by atoms with van der Waals surface area (Å²) in [4.78, 5) is 11.7. The Labute approximate surface area is 105 Å². The van der Waals surface area contributed by atoms with Crippen molar-refractivity contribution in [3.05, 3.63) is 0 Å². The lowest BCUT2D eigenvalue weighted by molar-refractivity contribution is -0.122. The average molecular weight is 248 g/mol. The molecule has 16 heavy (non-hydrogen) atoms. The number of amides is 1. The van der Waals surface area contributed by atoms with Crippen molar-refractivity contribution >= 4 is 17.5 Å². The molecule has 1 amide bonds. The summed E-state index contributed by atoms with van der Waals surface area (Å²) in [6, 6.07) is 0.180. The van der Waals surface area contributed by atoms with E-state index in [0.29, 0.717) is 12.3 Å². The first kappa shape index (κ1) is 15.8. The highest BCUT2D eigenvalue weighted by Crippen LogP contribution is 2.22. The fourth-order valence-electron chi connectivity index (χ4n) is 1.63. The van der Waals surface area contributed by atoms with Crippen molar-refractivity contribution in [1.82, 2.24) is 5.32 Å². The number of rotatable bonds is 7. The summed E-state index contributed by atoms with van der Waals surface area (Å²) in [5, 5.41) is 3.09. The second kappa shape index (κ2) is 7.94. The lowest BCUT2D eigenvalue weighted by atomic mass is 9.85. The van der Waals surface area contributed by atoms with Crippen LogP contribution in [0.15, 0.2) is 0 Å². The minimum Gasteiger partial charge on any atom is -0.353 e. The molecular formula is C13H26ClNO. The smallest absolute Gasteiger partial charge is 0.220 e. The van der Waals surface area contributed by atoms with Gasteiger partial charge in [-0.05, 0) is 18.3 Å². The molecule has 0 rings (SSSR count). The van der Waals surface area contributed by atoms with E-state index in [1.54, 1.807) is 0 Å². The minimum absolute atomic E-state index is 0.0787. The van der Waals surface area contributed by atoms with Gasteiger partial charge in [0.15, 0.2) is 0 Å². The van der Waals surface area contributed by atoms with E-state index in [1.165, 1.54) is 0 Å². The largest absolute Gasteiger partial charge is 0.353 e. The summed E-state index contributed by atoms with van der Waals surface area (Å²) >= 11 is 5.76. The van der Waals surface area contributed by atoms with Crippen LogP contribution in [0.25, 0.3) is 0 Å². The minimum atomic E-state index is 0.0787. The van der Waals surface area contributed by atoms with Crippen LogP contribution in [0.4, 0.5) is 0 Å². The number of alkyl halides is 1. The molecular weight excluding hydrogens is 222 g/mol. The molecule has 1 atom stereocenters. The van der Waals surface area contributed by atoms with Crippen LogP contribution in [0.2, 0.25) is 0 Å². The normalized spacial score (nSPS) is 13.6. The summed E-state index contributed by atoms with van der Waals surface area (Å²) in [6.07, 6.45) is 4.74. The van der Waals surface area contributed by atoms with Crippen molar-refractivity contribution in [2.45, 2.75) is 65.8 Å². The molecule has 0 aromatic rings. The molecule has 0 saturated heterocycles. The van der Waals surface area contributed by atoms with Gasteiger partial charge in [-0.2, -0.15) is 0 Å². The van der Waals surface area contributed by atoms with E-state index in [2.05, 4.69) is 33.0 Å². The van der Waals surface area contributed by atoms with Crippen molar-refractivity contribution in [3.8, 4) is 0 Å². The van der Waals surface area contributed by atoms with E-state index in [0.717, 1.165) is 25.7 Å². The topological polar surface area (TPSA) is 29.1 Å². The summed E-state index contributed by atoms with van der Waals surface area (Å²) in [7, 11) is 0. The van der Waals surface area contributed by atoms with Gasteiger partial charge in [0.1, 0.15) is 0 Å². The maximum atomic E-state index is 11.7. The number of carbonyl (C=O) groups is 1. The maximum Gasteiger partial charge on any atom is 0.220 e. The van der Waals surface area contributed by atoms with E-state index >= 15 is 0 Å². The van der Waals surface area contributed by atoms with Crippen LogP contribution in [0, 0.1) is 5.41 Å². The quantitative estimate of drug-likeness (QED) is 0.539. The van der Waals surface area contributed by atoms with Crippen LogP contribution in [-0.4, -0.2) is 17.8 Å². The summed E-state index contributed by atoms with van der Waals surface area (Å²) in [5.74, 6) is 0.760. The highest BCUT2D eigenvalue weighted by Gasteiger charge is 2.25. The van der Waals surface area contributed by atoms with Gasteiger partial charge in [0, 0.05) is 18.3 Å². The van der Waals surface area contributed by atoms with Crippen LogP contribution < -0.4 is 5.32 Å². The third-order valence-corrected chi connectivity index (χ3v) is 3.00. The third kappa shape index (κ3) is 7.10. The first-order valence-electron chi connectivity index (χ1n) is 6.27. The van der Waals surface area contributed by atoms with Crippen LogP contribution in [0.1, 0.15) is 59.8 Å². The lowest BCUT2D eigenvalue weighted by Gasteiger charge is -2.31. The van der Waals surface area contributed by atoms with E-state index < -0.39 is 0 Å². The molecule has 0 aromatic heterocycles. The molecule has 0 fully saturated rings. The SMILES string of the molecule is CCCCCC(=O)NC(CCCl)C(C)(C)C. The molecule has 0 spiro atoms. The molecule has 1 unspecified atom stereocenters. The first-order valence-corrected chi connectivity index (χ1v) is 6.80. The van der Waals surface area contributed by atoms with E-state index in [-0.39, 0.29) is 17.4 Å². The Morgan fingerprint density at radius 2 is 1.94 bits per heavy atom. The summed E-state index contributed by atoms with van der Waals surface area (Å²) < 4.78 is 0. The zero-order valence-corrected chi connectivity index (χ0v) is 11.9. The van der Waals surface area contributed by atoms with E-state index in [4.69, 9.17) is 11.6 Å². The van der Waals surface area contributed by atoms with Crippen molar-refractivity contribution in [1.29, 1.82) is 0 Å². The summed E-state index contributed by atoms with van der Waals surface area (Å²) in [6.45, 7) is 8.55. The highest BCUT2D eigenvalue weighted by atomic mass is 35.5. The van der Waals surface area contributed by atoms with Crippen molar-refractivity contribution < 1.29 is 4.79 Å². The molecule has 0 aliphatic heterocycles. The average Bonchev–Trinajstić information content (AvgIpc) is 2.16. The molecule has 0 aliphatic carbocycles. The second-order valence-electron chi connectivity index (χ2n) is 5.42. The Hall–Kier alpha value is -0.240. The van der Waals surface area contributed by atoms with Crippen molar-refractivity contribution in [2.24, 2.45) is 5.41 Å². The molecule has 1 N–H and O–H groups in total. The number of hydrogen-bond donors (Lipinski definition) is 1. The third-order valence-electron chi connectivity index (χ3n) is 2.79. The van der Waals surface area contributed by atoms with Gasteiger partial charge in [-0.25, -0.2) is 0 Å². The van der Waals surface area contributed by atoms with Gasteiger partial charge in [0.2, 0.25) is 5.91 Å². The molecule has 0 bridgehead atoms. The van der Waals surface area contributed by atoms with Crippen LogP contribution in [-0.2, 0) is 4.79 Å². The number of nitrogens with one attached hydrogen (secondary N) is 1. The van der Waals surface area contributed by atoms with Gasteiger partial charge < -0.3 is 5.32 Å². The van der Waals surface area contributed by atoms with Gasteiger partial charge >= 0.3 is 0 Å². The number of halogens is 1. The Morgan fingerprint density at radius 3 is 2.38 bits per heavy atom. The monoisotopic (exact) mass is 247 g/mol. The van der Waals surface area contributed by atoms with Gasteiger partial charge in [0.25, 0.3) is 0 Å². The molecule has 2 nitrogen and oxygen atoms in total. The predicted molar refractivity (Wildman–Crippen MR) is 70.9 cm³/mol. The number of unbranched alkanes of at least 4 members (excludes halogenated alkanes) is 2. The van der Waals surface area contributed by atoms with Crippen molar-refractivity contribution in [2.75, 3.05) is 5.88 Å². The second-order valence-corrected chi connectivity index (χ2v) is 5.80. The fourth-order valence-corrected chi connectivity index (χ4v) is 1.85. The summed E-state index contributed by atoms with van der Waals surface area (Å²) in [5.41, 5.74) is 0.0787. The Kier molecular flexibility index (Phi) is 7.82. The molecule has 0 aliphatic rings. The molecule has 0 saturated carbocycles. The zero-order chi connectivity index (χ0) is 12.6. The van der Waals surface area contributed by atoms with Gasteiger partial charge in [-0.15, -0.1) is 11.6 Å². The van der Waals surface area contributed by atoms with Gasteiger partial charge in [-0.3, -0.25) is 4.79 Å². The van der Waals surface area contributed by atoms with Crippen LogP contribution in [0.5, 0.6) is 0 Å². The van der Waals surface area contributed by atoms with Crippen LogP contribution in [0.3, 0.4) is 0 Å². The number of carbonyl (C=O) groups excluding carboxylic acids is 1. The fraction of sp³-hybridized carbons (Fsp3) is 0.923. The molecule has 96 valence electrons. The predicted octanol–water partition coefficient (Wildman–Crippen LogP) is 3.73. The molecule has 3 heteroatoms. The Morgan fingerprint density at radius 1 is 1.31 bits per heavy atom. The molecule has 0 heterocycles. The van der Waals surface area contributed by atoms with E-state index in [1.807, 2.05) is 0 Å². The lowest BCUT2D eigenvalue weighted by Crippen LogP contribution is -2.43. The highest BCUT2D eigenvalue weighted by molar-refractivity contribution is 6.17. The van der Waals surface area contributed by atoms with E-state index in [9.17, 15) is 4.79 Å². The van der Waals surface area contributed by atoms with Crippen LogP contribution >= 0.6 is 11.6 Å². The maximum absolute atomic E-state index is 11.7. The molecule has 0 aromatic carbocycles. The van der Waals surface area contributed by atoms with Crippen molar-refractivity contribution in [3.63, 3.8) is 0 Å². The Bertz CT molecular complexity index is 199. The van der Waals surface area contributed by atoms with Gasteiger partial charge in [0.05, 0.1) is 0 Å². The Balaban J connectivity index is 4.04. The molecule has 0 radical (unpaired) electrons. The standard InChI is InChI=1S/C13H26ClNO/c1-5-6-7-8-12(16)15-11(9-10-14)13(2,3)4/h11H,5-10H2,1-4H3,(H,15,16). The number of hydrogen-bond acceptors (Lipinski definition) is 1.